The van der Waals surface area contributed by atoms with Gasteiger partial charge < -0.3 is 9.63 Å². The van der Waals surface area contributed by atoms with Crippen molar-refractivity contribution in [2.45, 2.75) is 25.3 Å². The van der Waals surface area contributed by atoms with E-state index >= 15 is 0 Å². The number of nitrogens with zero attached hydrogens (tertiary/aromatic N) is 2. The normalized spacial score (nSPS) is 12.6. The van der Waals surface area contributed by atoms with Crippen molar-refractivity contribution in [3.8, 4) is 5.95 Å². The zero-order valence-corrected chi connectivity index (χ0v) is 11.1. The van der Waals surface area contributed by atoms with Gasteiger partial charge in [0.1, 0.15) is 0 Å². The van der Waals surface area contributed by atoms with Gasteiger partial charge in [-0.05, 0) is 18.6 Å². The molecule has 0 amide bonds. The second-order valence-corrected chi connectivity index (χ2v) is 5.52. The standard InChI is InChI=1S/C12H14N2O3S/c1-9-5-3-4-6-11(9)18(16)8-7-14-10(2)12(15)17-13-14/h3-6H,7-8H2,1-2H3. The van der Waals surface area contributed by atoms with E-state index in [1.807, 2.05) is 31.2 Å². The molecule has 1 atom stereocenters. The molecule has 0 fully saturated rings. The van der Waals surface area contributed by atoms with Crippen LogP contribution in [0.15, 0.2) is 33.7 Å². The summed E-state index contributed by atoms with van der Waals surface area (Å²) in [7, 11) is -1.10. The molecule has 0 saturated heterocycles. The van der Waals surface area contributed by atoms with Crippen molar-refractivity contribution in [3.05, 3.63) is 35.5 Å². The van der Waals surface area contributed by atoms with Crippen LogP contribution in [0.3, 0.4) is 0 Å². The molecule has 1 unspecified atom stereocenters. The van der Waals surface area contributed by atoms with Crippen molar-refractivity contribution in [1.82, 2.24) is 5.27 Å². The van der Waals surface area contributed by atoms with Crippen LogP contribution in [0, 0.1) is 13.8 Å². The molecule has 0 radical (unpaired) electrons. The molecule has 0 aliphatic heterocycles. The van der Waals surface area contributed by atoms with Crippen LogP contribution in [0.5, 0.6) is 5.95 Å². The summed E-state index contributed by atoms with van der Waals surface area (Å²) >= 11 is 0. The average Bonchev–Trinajstić information content (AvgIpc) is 2.68. The van der Waals surface area contributed by atoms with Crippen LogP contribution in [0.2, 0.25) is 0 Å². The summed E-state index contributed by atoms with van der Waals surface area (Å²) in [5.74, 6) is -0.0424. The molecule has 0 saturated carbocycles. The van der Waals surface area contributed by atoms with E-state index < -0.39 is 16.7 Å². The fourth-order valence-electron chi connectivity index (χ4n) is 1.62. The summed E-state index contributed by atoms with van der Waals surface area (Å²) in [6.45, 7) is 3.96. The van der Waals surface area contributed by atoms with Gasteiger partial charge in [-0.25, -0.2) is 0 Å². The van der Waals surface area contributed by atoms with Crippen LogP contribution >= 0.6 is 0 Å². The lowest BCUT2D eigenvalue weighted by Crippen LogP contribution is -2.40. The molecule has 6 heteroatoms. The third-order valence-corrected chi connectivity index (χ3v) is 4.23. The van der Waals surface area contributed by atoms with E-state index in [2.05, 4.69) is 9.79 Å². The number of hydrogen-bond acceptors (Lipinski definition) is 4. The Bertz CT molecular complexity index is 580. The lowest BCUT2D eigenvalue weighted by molar-refractivity contribution is -0.763. The van der Waals surface area contributed by atoms with Gasteiger partial charge >= 0.3 is 0 Å². The Labute approximate surface area is 107 Å². The fraction of sp³-hybridized carbons (Fsp3) is 0.333. The number of aryl methyl sites for hydroxylation is 2. The molecule has 2 rings (SSSR count). The molecule has 18 heavy (non-hydrogen) atoms. The van der Waals surface area contributed by atoms with Gasteiger partial charge in [-0.2, -0.15) is 0 Å². The summed E-state index contributed by atoms with van der Waals surface area (Å²) in [6.07, 6.45) is 0. The largest absolute Gasteiger partial charge is 0.539 e. The SMILES string of the molecule is Cc1ccccc1S(=O)CC[n+]1noc([O-])c1C. The number of hydrogen-bond donors (Lipinski definition) is 0. The molecule has 1 heterocycles. The molecule has 1 aromatic carbocycles. The van der Waals surface area contributed by atoms with Gasteiger partial charge in [-0.15, -0.1) is 0 Å². The molecular formula is C12H14N2O3S. The first-order valence-corrected chi connectivity index (χ1v) is 6.89. The van der Waals surface area contributed by atoms with Gasteiger partial charge in [0.25, 0.3) is 0 Å². The van der Waals surface area contributed by atoms with Crippen molar-refractivity contribution in [2.24, 2.45) is 0 Å². The van der Waals surface area contributed by atoms with E-state index in [1.54, 1.807) is 6.92 Å². The molecular weight excluding hydrogens is 252 g/mol. The van der Waals surface area contributed by atoms with E-state index in [-0.39, 0.29) is 0 Å². The molecule has 5 nitrogen and oxygen atoms in total. The van der Waals surface area contributed by atoms with Crippen molar-refractivity contribution < 1.29 is 18.5 Å². The van der Waals surface area contributed by atoms with E-state index in [4.69, 9.17) is 0 Å². The second kappa shape index (κ2) is 5.30. The zero-order valence-electron chi connectivity index (χ0n) is 10.3. The minimum Gasteiger partial charge on any atom is -0.539 e. The Hall–Kier alpha value is -1.69. The maximum absolute atomic E-state index is 12.1. The molecule has 2 aromatic rings. The van der Waals surface area contributed by atoms with Gasteiger partial charge in [-0.1, -0.05) is 22.9 Å². The van der Waals surface area contributed by atoms with Gasteiger partial charge in [0.05, 0.1) is 21.8 Å². The zero-order chi connectivity index (χ0) is 13.1. The Morgan fingerprint density at radius 3 is 2.72 bits per heavy atom. The second-order valence-electron chi connectivity index (χ2n) is 3.98. The highest BCUT2D eigenvalue weighted by atomic mass is 32.2. The quantitative estimate of drug-likeness (QED) is 0.754. The summed E-state index contributed by atoms with van der Waals surface area (Å²) in [6, 6.07) is 7.56. The fourth-order valence-corrected chi connectivity index (χ4v) is 2.83. The van der Waals surface area contributed by atoms with Crippen LogP contribution in [-0.2, 0) is 17.3 Å². The van der Waals surface area contributed by atoms with Crippen molar-refractivity contribution in [2.75, 3.05) is 5.75 Å². The smallest absolute Gasteiger partial charge is 0.230 e. The first kappa shape index (κ1) is 12.8. The summed E-state index contributed by atoms with van der Waals surface area (Å²) < 4.78 is 18.1. The summed E-state index contributed by atoms with van der Waals surface area (Å²) in [5, 5.41) is 14.7. The first-order valence-electron chi connectivity index (χ1n) is 5.57. The van der Waals surface area contributed by atoms with Crippen LogP contribution in [0.25, 0.3) is 0 Å². The highest BCUT2D eigenvalue weighted by molar-refractivity contribution is 7.85. The molecule has 0 aliphatic carbocycles. The van der Waals surface area contributed by atoms with Gasteiger partial charge in [-0.3, -0.25) is 4.21 Å². The van der Waals surface area contributed by atoms with Crippen molar-refractivity contribution in [1.29, 1.82) is 0 Å². The number of benzene rings is 1. The summed E-state index contributed by atoms with van der Waals surface area (Å²) in [4.78, 5) is 0.821. The van der Waals surface area contributed by atoms with Crippen LogP contribution in [0.4, 0.5) is 0 Å². The molecule has 96 valence electrons. The van der Waals surface area contributed by atoms with E-state index in [0.717, 1.165) is 10.5 Å². The van der Waals surface area contributed by atoms with E-state index in [9.17, 15) is 9.32 Å². The lowest BCUT2D eigenvalue weighted by atomic mass is 10.2. The predicted octanol–water partition coefficient (Wildman–Crippen LogP) is 0.460. The van der Waals surface area contributed by atoms with Gasteiger partial charge in [0.15, 0.2) is 12.5 Å². The number of rotatable bonds is 4. The topological polar surface area (TPSA) is 70.0 Å². The van der Waals surface area contributed by atoms with Gasteiger partial charge in [0, 0.05) is 11.8 Å². The van der Waals surface area contributed by atoms with Crippen LogP contribution in [-0.4, -0.2) is 15.2 Å². The van der Waals surface area contributed by atoms with Crippen LogP contribution < -0.4 is 9.79 Å². The first-order chi connectivity index (χ1) is 8.59. The van der Waals surface area contributed by atoms with Crippen molar-refractivity contribution >= 4 is 10.8 Å². The number of aromatic nitrogens is 2. The Morgan fingerprint density at radius 2 is 2.11 bits per heavy atom. The highest BCUT2D eigenvalue weighted by Crippen LogP contribution is 2.12. The minimum atomic E-state index is -1.10. The van der Waals surface area contributed by atoms with Crippen LogP contribution in [0.1, 0.15) is 11.3 Å². The third kappa shape index (κ3) is 2.59. The molecule has 0 spiro atoms. The average molecular weight is 266 g/mol. The summed E-state index contributed by atoms with van der Waals surface area (Å²) in [5.41, 5.74) is 1.43. The van der Waals surface area contributed by atoms with Crippen molar-refractivity contribution in [3.63, 3.8) is 0 Å². The molecule has 0 bridgehead atoms. The third-order valence-electron chi connectivity index (χ3n) is 2.73. The highest BCUT2D eigenvalue weighted by Gasteiger charge is 2.15. The van der Waals surface area contributed by atoms with E-state index in [1.165, 1.54) is 4.68 Å². The lowest BCUT2D eigenvalue weighted by Gasteiger charge is -2.03. The Balaban J connectivity index is 2.05. The monoisotopic (exact) mass is 266 g/mol. The maximum Gasteiger partial charge on any atom is 0.230 e. The molecule has 1 aromatic heterocycles. The van der Waals surface area contributed by atoms with E-state index in [0.29, 0.717) is 18.0 Å². The van der Waals surface area contributed by atoms with Gasteiger partial charge in [0.2, 0.25) is 5.69 Å². The molecule has 0 aliphatic rings. The minimum absolute atomic E-state index is 0.401. The Morgan fingerprint density at radius 1 is 1.39 bits per heavy atom. The predicted molar refractivity (Wildman–Crippen MR) is 63.3 cm³/mol. The molecule has 0 N–H and O–H groups in total. The maximum atomic E-state index is 12.1. The Kier molecular flexibility index (Phi) is 3.76.